The molecule has 6 heteroatoms. The highest BCUT2D eigenvalue weighted by atomic mass is 16.5. The Morgan fingerprint density at radius 1 is 1.08 bits per heavy atom. The highest BCUT2D eigenvalue weighted by molar-refractivity contribution is 5.95. The summed E-state index contributed by atoms with van der Waals surface area (Å²) in [7, 11) is 1.32. The Balaban J connectivity index is 1.57. The molecule has 26 heavy (non-hydrogen) atoms. The molecule has 0 aliphatic rings. The van der Waals surface area contributed by atoms with E-state index in [1.165, 1.54) is 7.11 Å². The molecule has 2 N–H and O–H groups in total. The van der Waals surface area contributed by atoms with Crippen molar-refractivity contribution in [2.45, 2.75) is 6.42 Å². The van der Waals surface area contributed by atoms with Crippen molar-refractivity contribution in [1.29, 1.82) is 0 Å². The fourth-order valence-corrected chi connectivity index (χ4v) is 2.62. The van der Waals surface area contributed by atoms with Crippen LogP contribution < -0.4 is 10.6 Å². The Morgan fingerprint density at radius 2 is 1.88 bits per heavy atom. The number of rotatable bonds is 6. The number of anilines is 2. The maximum atomic E-state index is 12.1. The minimum atomic E-state index is -0.439. The number of aromatic nitrogens is 1. The maximum absolute atomic E-state index is 12.1. The average Bonchev–Trinajstić information content (AvgIpc) is 2.67. The van der Waals surface area contributed by atoms with Crippen molar-refractivity contribution in [1.82, 2.24) is 4.98 Å². The van der Waals surface area contributed by atoms with Crippen molar-refractivity contribution >= 4 is 34.2 Å². The molecular formula is C20H19N3O3. The Morgan fingerprint density at radius 3 is 2.73 bits per heavy atom. The molecule has 3 aromatic rings. The third-order valence-corrected chi connectivity index (χ3v) is 3.87. The SMILES string of the molecule is COC(=O)c1cccc(NC(=O)CCNc2cccc3cccnc23)c1. The Hall–Kier alpha value is -3.41. The van der Waals surface area contributed by atoms with Gasteiger partial charge in [0.25, 0.3) is 0 Å². The summed E-state index contributed by atoms with van der Waals surface area (Å²) >= 11 is 0. The van der Waals surface area contributed by atoms with Crippen LogP contribution in [0.3, 0.4) is 0 Å². The van der Waals surface area contributed by atoms with Crippen LogP contribution >= 0.6 is 0 Å². The normalized spacial score (nSPS) is 10.3. The summed E-state index contributed by atoms with van der Waals surface area (Å²) in [6.45, 7) is 0.470. The predicted octanol–water partition coefficient (Wildman–Crippen LogP) is 3.46. The number of fused-ring (bicyclic) bond motifs is 1. The molecular weight excluding hydrogens is 330 g/mol. The van der Waals surface area contributed by atoms with Gasteiger partial charge in [-0.3, -0.25) is 9.78 Å². The van der Waals surface area contributed by atoms with Gasteiger partial charge in [0.2, 0.25) is 5.91 Å². The van der Waals surface area contributed by atoms with E-state index < -0.39 is 5.97 Å². The standard InChI is InChI=1S/C20H19N3O3/c1-26-20(25)15-6-2-8-16(13-15)23-18(24)10-12-21-17-9-3-5-14-7-4-11-22-19(14)17/h2-9,11,13,21H,10,12H2,1H3,(H,23,24). The molecule has 0 radical (unpaired) electrons. The van der Waals surface area contributed by atoms with Crippen LogP contribution in [0.4, 0.5) is 11.4 Å². The van der Waals surface area contributed by atoms with Crippen LogP contribution in [0.1, 0.15) is 16.8 Å². The third kappa shape index (κ3) is 4.16. The number of pyridine rings is 1. The molecule has 132 valence electrons. The van der Waals surface area contributed by atoms with Crippen LogP contribution in [0, 0.1) is 0 Å². The van der Waals surface area contributed by atoms with Gasteiger partial charge >= 0.3 is 5.97 Å². The Bertz CT molecular complexity index is 935. The summed E-state index contributed by atoms with van der Waals surface area (Å²) in [6, 6.07) is 16.4. The fourth-order valence-electron chi connectivity index (χ4n) is 2.62. The van der Waals surface area contributed by atoms with Gasteiger partial charge in [0, 0.05) is 30.2 Å². The first kappa shape index (κ1) is 17.4. The number of esters is 1. The third-order valence-electron chi connectivity index (χ3n) is 3.87. The summed E-state index contributed by atoms with van der Waals surface area (Å²) in [5.74, 6) is -0.584. The van der Waals surface area contributed by atoms with Gasteiger partial charge in [0.1, 0.15) is 0 Å². The second-order valence-electron chi connectivity index (χ2n) is 5.68. The van der Waals surface area contributed by atoms with Crippen molar-refractivity contribution in [3.05, 3.63) is 66.4 Å². The lowest BCUT2D eigenvalue weighted by Gasteiger charge is -2.10. The molecule has 1 aromatic heterocycles. The molecule has 1 amide bonds. The molecule has 0 unspecified atom stereocenters. The molecule has 0 bridgehead atoms. The number of hydrogen-bond donors (Lipinski definition) is 2. The van der Waals surface area contributed by atoms with Crippen molar-refractivity contribution in [3.63, 3.8) is 0 Å². The molecule has 0 aliphatic heterocycles. The average molecular weight is 349 g/mol. The second kappa shape index (κ2) is 8.11. The summed E-state index contributed by atoms with van der Waals surface area (Å²) < 4.78 is 4.68. The summed E-state index contributed by atoms with van der Waals surface area (Å²) in [5.41, 5.74) is 2.72. The first-order valence-corrected chi connectivity index (χ1v) is 8.23. The summed E-state index contributed by atoms with van der Waals surface area (Å²) in [4.78, 5) is 28.0. The van der Waals surface area contributed by atoms with Gasteiger partial charge in [-0.2, -0.15) is 0 Å². The molecule has 2 aromatic carbocycles. The number of methoxy groups -OCH3 is 1. The van der Waals surface area contributed by atoms with Crippen LogP contribution in [-0.4, -0.2) is 30.5 Å². The van der Waals surface area contributed by atoms with Crippen molar-refractivity contribution < 1.29 is 14.3 Å². The first-order chi connectivity index (χ1) is 12.7. The van der Waals surface area contributed by atoms with E-state index in [9.17, 15) is 9.59 Å². The molecule has 0 fully saturated rings. The smallest absolute Gasteiger partial charge is 0.337 e. The monoisotopic (exact) mass is 349 g/mol. The van der Waals surface area contributed by atoms with E-state index in [-0.39, 0.29) is 12.3 Å². The lowest BCUT2D eigenvalue weighted by Crippen LogP contribution is -2.16. The quantitative estimate of drug-likeness (QED) is 0.666. The minimum absolute atomic E-state index is 0.146. The number of nitrogens with zero attached hydrogens (tertiary/aromatic N) is 1. The number of ether oxygens (including phenoxy) is 1. The van der Waals surface area contributed by atoms with Gasteiger partial charge in [-0.25, -0.2) is 4.79 Å². The van der Waals surface area contributed by atoms with Gasteiger partial charge < -0.3 is 15.4 Å². The Labute approximate surface area is 151 Å². The van der Waals surface area contributed by atoms with Crippen LogP contribution in [-0.2, 0) is 9.53 Å². The molecule has 0 aliphatic carbocycles. The van der Waals surface area contributed by atoms with Crippen LogP contribution in [0.5, 0.6) is 0 Å². The topological polar surface area (TPSA) is 80.3 Å². The molecule has 1 heterocycles. The lowest BCUT2D eigenvalue weighted by molar-refractivity contribution is -0.115. The lowest BCUT2D eigenvalue weighted by atomic mass is 10.2. The number of carbonyl (C=O) groups is 2. The van der Waals surface area contributed by atoms with E-state index >= 15 is 0 Å². The van der Waals surface area contributed by atoms with Crippen LogP contribution in [0.15, 0.2) is 60.8 Å². The van der Waals surface area contributed by atoms with Gasteiger partial charge in [-0.1, -0.05) is 24.3 Å². The molecule has 0 spiro atoms. The second-order valence-corrected chi connectivity index (χ2v) is 5.68. The largest absolute Gasteiger partial charge is 0.465 e. The number of benzene rings is 2. The number of hydrogen-bond acceptors (Lipinski definition) is 5. The minimum Gasteiger partial charge on any atom is -0.465 e. The van der Waals surface area contributed by atoms with E-state index in [2.05, 4.69) is 20.4 Å². The molecule has 0 saturated heterocycles. The van der Waals surface area contributed by atoms with Crippen molar-refractivity contribution in [3.8, 4) is 0 Å². The van der Waals surface area contributed by atoms with E-state index in [0.717, 1.165) is 16.6 Å². The van der Waals surface area contributed by atoms with E-state index in [0.29, 0.717) is 17.8 Å². The highest BCUT2D eigenvalue weighted by Crippen LogP contribution is 2.20. The van der Waals surface area contributed by atoms with Crippen molar-refractivity contribution in [2.75, 3.05) is 24.3 Å². The van der Waals surface area contributed by atoms with Crippen LogP contribution in [0.2, 0.25) is 0 Å². The van der Waals surface area contributed by atoms with E-state index in [1.54, 1.807) is 30.5 Å². The van der Waals surface area contributed by atoms with Gasteiger partial charge in [-0.15, -0.1) is 0 Å². The van der Waals surface area contributed by atoms with Gasteiger partial charge in [0.15, 0.2) is 0 Å². The zero-order valence-corrected chi connectivity index (χ0v) is 14.4. The highest BCUT2D eigenvalue weighted by Gasteiger charge is 2.08. The number of amides is 1. The maximum Gasteiger partial charge on any atom is 0.337 e. The van der Waals surface area contributed by atoms with Crippen molar-refractivity contribution in [2.24, 2.45) is 0 Å². The molecule has 0 atom stereocenters. The molecule has 3 rings (SSSR count). The Kier molecular flexibility index (Phi) is 5.43. The number of para-hydroxylation sites is 1. The van der Waals surface area contributed by atoms with E-state index in [4.69, 9.17) is 0 Å². The number of carbonyl (C=O) groups excluding carboxylic acids is 2. The molecule has 6 nitrogen and oxygen atoms in total. The first-order valence-electron chi connectivity index (χ1n) is 8.23. The molecule has 0 saturated carbocycles. The predicted molar refractivity (Wildman–Crippen MR) is 101 cm³/mol. The van der Waals surface area contributed by atoms with E-state index in [1.807, 2.05) is 30.3 Å². The van der Waals surface area contributed by atoms with Gasteiger partial charge in [-0.05, 0) is 30.3 Å². The fraction of sp³-hybridized carbons (Fsp3) is 0.150. The van der Waals surface area contributed by atoms with Gasteiger partial charge in [0.05, 0.1) is 23.9 Å². The zero-order chi connectivity index (χ0) is 18.4. The van der Waals surface area contributed by atoms with Crippen LogP contribution in [0.25, 0.3) is 10.9 Å². The number of nitrogens with one attached hydrogen (secondary N) is 2. The zero-order valence-electron chi connectivity index (χ0n) is 14.4. The summed E-state index contributed by atoms with van der Waals surface area (Å²) in [6.07, 6.45) is 2.03. The summed E-state index contributed by atoms with van der Waals surface area (Å²) in [5, 5.41) is 7.07.